The summed E-state index contributed by atoms with van der Waals surface area (Å²) in [5, 5.41) is 4.21. The SMILES string of the molecule is Cc1ccc(-n2cccn2)cc1S(=O)(=O)N1C[C@H]2CC[C@@H](C1)N(C)C2. The van der Waals surface area contributed by atoms with Crippen LogP contribution in [0.3, 0.4) is 0 Å². The van der Waals surface area contributed by atoms with E-state index in [-0.39, 0.29) is 0 Å². The summed E-state index contributed by atoms with van der Waals surface area (Å²) >= 11 is 0. The quantitative estimate of drug-likeness (QED) is 0.839. The van der Waals surface area contributed by atoms with E-state index in [0.717, 1.165) is 30.6 Å². The Kier molecular flexibility index (Phi) is 4.17. The van der Waals surface area contributed by atoms with E-state index in [2.05, 4.69) is 17.0 Å². The number of aryl methyl sites for hydroxylation is 1. The van der Waals surface area contributed by atoms with Crippen molar-refractivity contribution < 1.29 is 8.42 Å². The fourth-order valence-electron chi connectivity index (χ4n) is 4.04. The van der Waals surface area contributed by atoms with Gasteiger partial charge in [-0.15, -0.1) is 0 Å². The van der Waals surface area contributed by atoms with Crippen molar-refractivity contribution in [2.75, 3.05) is 26.7 Å². The van der Waals surface area contributed by atoms with E-state index in [1.807, 2.05) is 31.3 Å². The van der Waals surface area contributed by atoms with E-state index in [4.69, 9.17) is 0 Å². The van der Waals surface area contributed by atoms with Crippen LogP contribution in [0.2, 0.25) is 0 Å². The van der Waals surface area contributed by atoms with E-state index in [1.165, 1.54) is 0 Å². The second kappa shape index (κ2) is 6.23. The molecule has 0 unspecified atom stereocenters. The summed E-state index contributed by atoms with van der Waals surface area (Å²) in [6, 6.07) is 7.66. The molecule has 3 saturated heterocycles. The van der Waals surface area contributed by atoms with Crippen LogP contribution >= 0.6 is 0 Å². The molecule has 1 aromatic heterocycles. The number of aromatic nitrogens is 2. The summed E-state index contributed by atoms with van der Waals surface area (Å²) in [5.41, 5.74) is 1.55. The average molecular weight is 360 g/mol. The highest BCUT2D eigenvalue weighted by atomic mass is 32.2. The van der Waals surface area contributed by atoms with Gasteiger partial charge < -0.3 is 4.90 Å². The second-order valence-corrected chi connectivity index (χ2v) is 9.17. The van der Waals surface area contributed by atoms with Gasteiger partial charge in [0.2, 0.25) is 10.0 Å². The first kappa shape index (κ1) is 16.8. The monoisotopic (exact) mass is 360 g/mol. The van der Waals surface area contributed by atoms with Crippen molar-refractivity contribution in [3.05, 3.63) is 42.2 Å². The highest BCUT2D eigenvalue weighted by Gasteiger charge is 2.38. The number of rotatable bonds is 3. The van der Waals surface area contributed by atoms with Crippen LogP contribution in [-0.2, 0) is 10.0 Å². The summed E-state index contributed by atoms with van der Waals surface area (Å²) in [7, 11) is -1.41. The van der Waals surface area contributed by atoms with Crippen molar-refractivity contribution >= 4 is 10.0 Å². The molecule has 0 saturated carbocycles. The molecular weight excluding hydrogens is 336 g/mol. The molecule has 3 fully saturated rings. The Bertz CT molecular complexity index is 863. The van der Waals surface area contributed by atoms with Crippen molar-refractivity contribution in [3.8, 4) is 5.69 Å². The van der Waals surface area contributed by atoms with Crippen LogP contribution in [0.15, 0.2) is 41.6 Å². The number of benzene rings is 1. The molecule has 134 valence electrons. The smallest absolute Gasteiger partial charge is 0.243 e. The number of likely N-dealkylation sites (N-methyl/N-ethyl adjacent to an activating group) is 1. The maximum Gasteiger partial charge on any atom is 0.243 e. The van der Waals surface area contributed by atoms with Crippen LogP contribution in [0.4, 0.5) is 0 Å². The fourth-order valence-corrected chi connectivity index (χ4v) is 5.84. The van der Waals surface area contributed by atoms with E-state index in [0.29, 0.717) is 29.9 Å². The number of hydrogen-bond acceptors (Lipinski definition) is 4. The minimum atomic E-state index is -3.51. The van der Waals surface area contributed by atoms with E-state index < -0.39 is 10.0 Å². The predicted molar refractivity (Wildman–Crippen MR) is 96.2 cm³/mol. The first-order valence-electron chi connectivity index (χ1n) is 8.76. The van der Waals surface area contributed by atoms with E-state index in [1.54, 1.807) is 21.3 Å². The van der Waals surface area contributed by atoms with Crippen LogP contribution < -0.4 is 0 Å². The molecule has 2 aromatic rings. The number of hydrogen-bond donors (Lipinski definition) is 0. The lowest BCUT2D eigenvalue weighted by molar-refractivity contribution is 0.168. The standard InChI is InChI=1S/C18H24N4O2S/c1-14-4-6-16(22-9-3-8-19-22)10-18(14)25(23,24)21-12-15-5-7-17(13-21)20(2)11-15/h3-4,6,8-10,15,17H,5,7,11-13H2,1-2H3/t15-,17-/m0/s1. The molecule has 5 rings (SSSR count). The minimum Gasteiger partial charge on any atom is -0.302 e. The van der Waals surface area contributed by atoms with Gasteiger partial charge in [-0.25, -0.2) is 13.1 Å². The first-order valence-corrected chi connectivity index (χ1v) is 10.2. The highest BCUT2D eigenvalue weighted by Crippen LogP contribution is 2.31. The molecule has 4 heterocycles. The van der Waals surface area contributed by atoms with Gasteiger partial charge in [0.1, 0.15) is 0 Å². The van der Waals surface area contributed by atoms with Gasteiger partial charge >= 0.3 is 0 Å². The molecule has 3 aliphatic heterocycles. The maximum atomic E-state index is 13.4. The van der Waals surface area contributed by atoms with E-state index >= 15 is 0 Å². The average Bonchev–Trinajstić information content (AvgIpc) is 2.96. The van der Waals surface area contributed by atoms with Crippen molar-refractivity contribution in [2.24, 2.45) is 5.92 Å². The van der Waals surface area contributed by atoms with Crippen molar-refractivity contribution in [1.29, 1.82) is 0 Å². The van der Waals surface area contributed by atoms with Crippen LogP contribution in [0.1, 0.15) is 18.4 Å². The van der Waals surface area contributed by atoms with Crippen molar-refractivity contribution in [2.45, 2.75) is 30.7 Å². The topological polar surface area (TPSA) is 58.4 Å². The Morgan fingerprint density at radius 2 is 2.00 bits per heavy atom. The molecular formula is C18H24N4O2S. The van der Waals surface area contributed by atoms with E-state index in [9.17, 15) is 8.42 Å². The first-order chi connectivity index (χ1) is 11.9. The molecule has 3 aliphatic rings. The largest absolute Gasteiger partial charge is 0.302 e. The molecule has 2 atom stereocenters. The van der Waals surface area contributed by atoms with Gasteiger partial charge in [-0.1, -0.05) is 6.07 Å². The molecule has 7 heteroatoms. The summed E-state index contributed by atoms with van der Waals surface area (Å²) in [6.45, 7) is 4.05. The van der Waals surface area contributed by atoms with Gasteiger partial charge in [-0.3, -0.25) is 0 Å². The molecule has 0 radical (unpaired) electrons. The lowest BCUT2D eigenvalue weighted by Gasteiger charge is -2.32. The Hall–Kier alpha value is -1.70. The molecule has 0 amide bonds. The lowest BCUT2D eigenvalue weighted by Crippen LogP contribution is -2.42. The van der Waals surface area contributed by atoms with Crippen LogP contribution in [-0.4, -0.2) is 60.1 Å². The molecule has 0 spiro atoms. The number of nitrogens with zero attached hydrogens (tertiary/aromatic N) is 4. The Balaban J connectivity index is 1.72. The number of sulfonamides is 1. The molecule has 1 aromatic carbocycles. The van der Waals surface area contributed by atoms with Crippen LogP contribution in [0, 0.1) is 12.8 Å². The minimum absolute atomic E-state index is 0.322. The molecule has 6 nitrogen and oxygen atoms in total. The summed E-state index contributed by atoms with van der Waals surface area (Å²) < 4.78 is 30.2. The fraction of sp³-hybridized carbons (Fsp3) is 0.500. The van der Waals surface area contributed by atoms with Crippen LogP contribution in [0.5, 0.6) is 0 Å². The molecule has 2 bridgehead atoms. The zero-order chi connectivity index (χ0) is 17.6. The number of piperidine rings is 1. The number of fused-ring (bicyclic) bond motifs is 4. The third kappa shape index (κ3) is 3.01. The second-order valence-electron chi connectivity index (χ2n) is 7.26. The normalized spacial score (nSPS) is 25.2. The Morgan fingerprint density at radius 1 is 1.16 bits per heavy atom. The molecule has 25 heavy (non-hydrogen) atoms. The zero-order valence-corrected chi connectivity index (χ0v) is 15.5. The summed E-state index contributed by atoms with van der Waals surface area (Å²) in [4.78, 5) is 2.71. The van der Waals surface area contributed by atoms with Gasteiger partial charge in [-0.05, 0) is 56.5 Å². The zero-order valence-electron chi connectivity index (χ0n) is 14.7. The molecule has 0 N–H and O–H groups in total. The van der Waals surface area contributed by atoms with Crippen LogP contribution in [0.25, 0.3) is 5.69 Å². The van der Waals surface area contributed by atoms with Gasteiger partial charge in [0.25, 0.3) is 0 Å². The Labute approximate surface area is 149 Å². The molecule has 0 aliphatic carbocycles. The van der Waals surface area contributed by atoms with Gasteiger partial charge in [0, 0.05) is 38.1 Å². The Morgan fingerprint density at radius 3 is 2.72 bits per heavy atom. The lowest BCUT2D eigenvalue weighted by atomic mass is 9.96. The highest BCUT2D eigenvalue weighted by molar-refractivity contribution is 7.89. The van der Waals surface area contributed by atoms with Gasteiger partial charge in [-0.2, -0.15) is 9.40 Å². The van der Waals surface area contributed by atoms with Crippen molar-refractivity contribution in [1.82, 2.24) is 19.0 Å². The van der Waals surface area contributed by atoms with Gasteiger partial charge in [0.05, 0.1) is 10.6 Å². The summed E-state index contributed by atoms with van der Waals surface area (Å²) in [5.74, 6) is 0.424. The summed E-state index contributed by atoms with van der Waals surface area (Å²) in [6.07, 6.45) is 5.71. The predicted octanol–water partition coefficient (Wildman–Crippen LogP) is 1.90. The van der Waals surface area contributed by atoms with Gasteiger partial charge in [0.15, 0.2) is 0 Å². The van der Waals surface area contributed by atoms with Crippen molar-refractivity contribution in [3.63, 3.8) is 0 Å². The third-order valence-electron chi connectivity index (χ3n) is 5.51. The maximum absolute atomic E-state index is 13.4. The third-order valence-corrected chi connectivity index (χ3v) is 7.49.